The van der Waals surface area contributed by atoms with Gasteiger partial charge in [-0.1, -0.05) is 11.6 Å². The molecule has 0 aliphatic rings. The number of halogens is 1. The molecule has 0 saturated heterocycles. The molecule has 3 heterocycles. The molecule has 0 aliphatic carbocycles. The number of pyridine rings is 1. The van der Waals surface area contributed by atoms with Crippen molar-refractivity contribution in [2.75, 3.05) is 5.32 Å². The minimum Gasteiger partial charge on any atom is -0.346 e. The molecular weight excluding hydrogens is 254 g/mol. The summed E-state index contributed by atoms with van der Waals surface area (Å²) in [5.74, 6) is 1.21. The number of hydrogen-bond donors (Lipinski definition) is 1. The summed E-state index contributed by atoms with van der Waals surface area (Å²) < 4.78 is 3.27. The van der Waals surface area contributed by atoms with Crippen LogP contribution >= 0.6 is 11.6 Å². The molecule has 0 bridgehead atoms. The van der Waals surface area contributed by atoms with Crippen LogP contribution < -0.4 is 5.32 Å². The molecule has 8 heteroatoms. The number of fused-ring (bicyclic) bond motifs is 1. The normalized spacial score (nSPS) is 11.0. The van der Waals surface area contributed by atoms with E-state index in [-0.39, 0.29) is 0 Å². The molecule has 1 N–H and O–H groups in total. The number of aromatic nitrogens is 6. The van der Waals surface area contributed by atoms with Crippen molar-refractivity contribution < 1.29 is 0 Å². The van der Waals surface area contributed by atoms with E-state index >= 15 is 0 Å². The largest absolute Gasteiger partial charge is 0.346 e. The van der Waals surface area contributed by atoms with E-state index in [0.717, 1.165) is 5.65 Å². The maximum Gasteiger partial charge on any atom is 0.243 e. The number of aryl methyl sites for hydroxylation is 1. The third-order valence-corrected chi connectivity index (χ3v) is 2.57. The zero-order valence-electron chi connectivity index (χ0n) is 9.58. The van der Waals surface area contributed by atoms with Gasteiger partial charge in [-0.05, 0) is 12.1 Å². The van der Waals surface area contributed by atoms with Crippen LogP contribution in [0.4, 0.5) is 5.95 Å². The molecule has 3 rings (SSSR count). The van der Waals surface area contributed by atoms with Crippen LogP contribution in [0.3, 0.4) is 0 Å². The quantitative estimate of drug-likeness (QED) is 0.767. The van der Waals surface area contributed by atoms with Crippen LogP contribution in [0.15, 0.2) is 24.7 Å². The van der Waals surface area contributed by atoms with Crippen LogP contribution in [0.25, 0.3) is 5.65 Å². The zero-order valence-corrected chi connectivity index (χ0v) is 10.3. The highest BCUT2D eigenvalue weighted by molar-refractivity contribution is 6.30. The first-order valence-corrected chi connectivity index (χ1v) is 5.69. The van der Waals surface area contributed by atoms with Crippen molar-refractivity contribution in [2.45, 2.75) is 6.54 Å². The number of nitrogens with zero attached hydrogens (tertiary/aromatic N) is 6. The average Bonchev–Trinajstić information content (AvgIpc) is 2.92. The summed E-state index contributed by atoms with van der Waals surface area (Å²) >= 11 is 5.87. The van der Waals surface area contributed by atoms with Gasteiger partial charge in [-0.15, -0.1) is 5.10 Å². The molecule has 0 aromatic carbocycles. The molecule has 0 fully saturated rings. The molecule has 18 heavy (non-hydrogen) atoms. The molecule has 0 radical (unpaired) electrons. The van der Waals surface area contributed by atoms with Gasteiger partial charge < -0.3 is 5.32 Å². The Labute approximate surface area is 107 Å². The first-order chi connectivity index (χ1) is 8.70. The van der Waals surface area contributed by atoms with Crippen molar-refractivity contribution in [3.8, 4) is 0 Å². The zero-order chi connectivity index (χ0) is 12.5. The lowest BCUT2D eigenvalue weighted by Crippen LogP contribution is -2.03. The Bertz CT molecular complexity index is 686. The molecule has 92 valence electrons. The standard InChI is InChI=1S/C10H10ClN7/c1-17-6-13-8(15-17)4-12-10-14-9-3-2-7(11)5-18(9)16-10/h2-3,5-6H,4H2,1H3,(H,12,16). The minimum atomic E-state index is 0.478. The van der Waals surface area contributed by atoms with E-state index in [0.29, 0.717) is 23.3 Å². The maximum atomic E-state index is 5.87. The lowest BCUT2D eigenvalue weighted by Gasteiger charge is -1.95. The second-order valence-corrected chi connectivity index (χ2v) is 4.21. The predicted octanol–water partition coefficient (Wildman–Crippen LogP) is 1.12. The summed E-state index contributed by atoms with van der Waals surface area (Å²) in [6.45, 7) is 0.478. The van der Waals surface area contributed by atoms with E-state index in [1.807, 2.05) is 7.05 Å². The fourth-order valence-corrected chi connectivity index (χ4v) is 1.71. The smallest absolute Gasteiger partial charge is 0.243 e. The Hall–Kier alpha value is -2.15. The number of nitrogens with one attached hydrogen (secondary N) is 1. The Morgan fingerprint density at radius 1 is 1.33 bits per heavy atom. The summed E-state index contributed by atoms with van der Waals surface area (Å²) in [5, 5.41) is 12.1. The van der Waals surface area contributed by atoms with E-state index in [1.165, 1.54) is 0 Å². The van der Waals surface area contributed by atoms with Crippen molar-refractivity contribution in [1.29, 1.82) is 0 Å². The van der Waals surface area contributed by atoms with E-state index in [9.17, 15) is 0 Å². The van der Waals surface area contributed by atoms with Gasteiger partial charge >= 0.3 is 0 Å². The van der Waals surface area contributed by atoms with Crippen molar-refractivity contribution in [3.05, 3.63) is 35.5 Å². The van der Waals surface area contributed by atoms with Crippen molar-refractivity contribution in [2.24, 2.45) is 7.05 Å². The second-order valence-electron chi connectivity index (χ2n) is 3.77. The van der Waals surface area contributed by atoms with Crippen LogP contribution in [0, 0.1) is 0 Å². The fraction of sp³-hybridized carbons (Fsp3) is 0.200. The van der Waals surface area contributed by atoms with Crippen molar-refractivity contribution >= 4 is 23.2 Å². The van der Waals surface area contributed by atoms with Crippen LogP contribution in [0.2, 0.25) is 5.02 Å². The summed E-state index contributed by atoms with van der Waals surface area (Å²) in [7, 11) is 1.82. The molecule has 7 nitrogen and oxygen atoms in total. The van der Waals surface area contributed by atoms with Gasteiger partial charge in [0.05, 0.1) is 11.6 Å². The number of rotatable bonds is 3. The highest BCUT2D eigenvalue weighted by atomic mass is 35.5. The predicted molar refractivity (Wildman–Crippen MR) is 66.3 cm³/mol. The lowest BCUT2D eigenvalue weighted by molar-refractivity contribution is 0.746. The fourth-order valence-electron chi connectivity index (χ4n) is 1.56. The Morgan fingerprint density at radius 2 is 2.22 bits per heavy atom. The van der Waals surface area contributed by atoms with Crippen molar-refractivity contribution in [3.63, 3.8) is 0 Å². The Morgan fingerprint density at radius 3 is 3.00 bits per heavy atom. The first kappa shape index (κ1) is 11.0. The van der Waals surface area contributed by atoms with Gasteiger partial charge in [0, 0.05) is 13.2 Å². The summed E-state index contributed by atoms with van der Waals surface area (Å²) in [6, 6.07) is 3.58. The van der Waals surface area contributed by atoms with E-state index in [2.05, 4.69) is 25.5 Å². The molecule has 0 aliphatic heterocycles. The van der Waals surface area contributed by atoms with Crippen LogP contribution in [-0.4, -0.2) is 29.4 Å². The monoisotopic (exact) mass is 263 g/mol. The van der Waals surface area contributed by atoms with Gasteiger partial charge in [0.1, 0.15) is 6.33 Å². The van der Waals surface area contributed by atoms with Gasteiger partial charge in [0.15, 0.2) is 11.5 Å². The molecule has 0 atom stereocenters. The highest BCUT2D eigenvalue weighted by Gasteiger charge is 2.05. The molecular formula is C10H10ClN7. The van der Waals surface area contributed by atoms with E-state index in [4.69, 9.17) is 11.6 Å². The molecule has 0 spiro atoms. The second kappa shape index (κ2) is 4.26. The third-order valence-electron chi connectivity index (χ3n) is 2.35. The van der Waals surface area contributed by atoms with Gasteiger partial charge in [-0.25, -0.2) is 9.50 Å². The van der Waals surface area contributed by atoms with Crippen LogP contribution in [0.1, 0.15) is 5.82 Å². The van der Waals surface area contributed by atoms with E-state index < -0.39 is 0 Å². The molecule has 0 amide bonds. The molecule has 3 aromatic rings. The summed E-state index contributed by atoms with van der Waals surface area (Å²) in [5.41, 5.74) is 0.732. The van der Waals surface area contributed by atoms with Gasteiger partial charge in [-0.3, -0.25) is 4.68 Å². The van der Waals surface area contributed by atoms with E-state index in [1.54, 1.807) is 33.9 Å². The summed E-state index contributed by atoms with van der Waals surface area (Å²) in [4.78, 5) is 8.40. The number of hydrogen-bond acceptors (Lipinski definition) is 5. The Balaban J connectivity index is 1.78. The maximum absolute atomic E-state index is 5.87. The highest BCUT2D eigenvalue weighted by Crippen LogP contribution is 2.11. The molecule has 0 saturated carbocycles. The summed E-state index contributed by atoms with van der Waals surface area (Å²) in [6.07, 6.45) is 3.35. The minimum absolute atomic E-state index is 0.478. The Kier molecular flexibility index (Phi) is 2.60. The lowest BCUT2D eigenvalue weighted by atomic mass is 10.5. The topological polar surface area (TPSA) is 72.9 Å². The van der Waals surface area contributed by atoms with Gasteiger partial charge in [-0.2, -0.15) is 10.1 Å². The van der Waals surface area contributed by atoms with Crippen LogP contribution in [0.5, 0.6) is 0 Å². The third kappa shape index (κ3) is 2.12. The number of anilines is 1. The average molecular weight is 264 g/mol. The molecule has 0 unspecified atom stereocenters. The first-order valence-electron chi connectivity index (χ1n) is 5.31. The SMILES string of the molecule is Cn1cnc(CNc2nc3ccc(Cl)cn3n2)n1. The van der Waals surface area contributed by atoms with Crippen LogP contribution in [-0.2, 0) is 13.6 Å². The van der Waals surface area contributed by atoms with Gasteiger partial charge in [0.2, 0.25) is 5.95 Å². The van der Waals surface area contributed by atoms with Gasteiger partial charge in [0.25, 0.3) is 0 Å². The van der Waals surface area contributed by atoms with Crippen molar-refractivity contribution in [1.82, 2.24) is 29.4 Å². The molecule has 3 aromatic heterocycles.